The Kier molecular flexibility index (Phi) is 0.877. The molecule has 0 nitrogen and oxygen atoms in total. The summed E-state index contributed by atoms with van der Waals surface area (Å²) in [5.74, 6) is 0. The van der Waals surface area contributed by atoms with Crippen molar-refractivity contribution in [2.75, 3.05) is 0 Å². The van der Waals surface area contributed by atoms with Crippen LogP contribution in [0.2, 0.25) is 0 Å². The van der Waals surface area contributed by atoms with Crippen LogP contribution in [-0.4, -0.2) is 0 Å². The minimum Gasteiger partial charge on any atom is -0.0990 e. The number of rotatable bonds is 2. The molecule has 0 amide bonds. The molecular weight excluding hydrogens is 120 g/mol. The maximum atomic E-state index is 3.82. The number of hydrogen-bond acceptors (Lipinski definition) is 0. The van der Waals surface area contributed by atoms with Gasteiger partial charge in [0.2, 0.25) is 0 Å². The third-order valence-electron chi connectivity index (χ3n) is 1.70. The first-order chi connectivity index (χ1) is 4.83. The van der Waals surface area contributed by atoms with Gasteiger partial charge in [0.25, 0.3) is 0 Å². The van der Waals surface area contributed by atoms with Gasteiger partial charge in [-0.2, -0.15) is 0 Å². The van der Waals surface area contributed by atoms with Gasteiger partial charge >= 0.3 is 0 Å². The van der Waals surface area contributed by atoms with E-state index >= 15 is 0 Å². The van der Waals surface area contributed by atoms with Crippen LogP contribution in [0, 0.1) is 0 Å². The highest BCUT2D eigenvalue weighted by Crippen LogP contribution is 2.45. The molecule has 0 unspecified atom stereocenters. The molecular formula is C10H8. The molecule has 2 aliphatic carbocycles. The molecule has 10 heavy (non-hydrogen) atoms. The monoisotopic (exact) mass is 128 g/mol. The topological polar surface area (TPSA) is 0 Å². The Morgan fingerprint density at radius 3 is 2.40 bits per heavy atom. The first-order valence-corrected chi connectivity index (χ1v) is 3.29. The van der Waals surface area contributed by atoms with Crippen molar-refractivity contribution in [3.8, 4) is 0 Å². The lowest BCUT2D eigenvalue weighted by atomic mass is 10.3. The molecule has 0 spiro atoms. The molecule has 0 saturated carbocycles. The molecule has 2 aliphatic rings. The lowest BCUT2D eigenvalue weighted by Gasteiger charge is -1.76. The summed E-state index contributed by atoms with van der Waals surface area (Å²) in [6, 6.07) is 0. The average Bonchev–Trinajstić information content (AvgIpc) is 2.70. The second-order valence-electron chi connectivity index (χ2n) is 2.50. The maximum absolute atomic E-state index is 3.82. The number of hydrogen-bond donors (Lipinski definition) is 0. The van der Waals surface area contributed by atoms with Gasteiger partial charge in [0.1, 0.15) is 0 Å². The standard InChI is InChI=1S/C10H8/c1-3-4-8-6-10(8)9-5-7(9)2/h3-6H,1-2H2/b8-4-. The summed E-state index contributed by atoms with van der Waals surface area (Å²) < 4.78 is 0. The van der Waals surface area contributed by atoms with E-state index in [1.165, 1.54) is 22.3 Å². The highest BCUT2D eigenvalue weighted by Gasteiger charge is 2.27. The molecule has 0 aliphatic heterocycles. The van der Waals surface area contributed by atoms with Crippen LogP contribution in [0.25, 0.3) is 0 Å². The fourth-order valence-electron chi connectivity index (χ4n) is 1.01. The van der Waals surface area contributed by atoms with Crippen molar-refractivity contribution in [1.82, 2.24) is 0 Å². The molecule has 0 aromatic rings. The summed E-state index contributed by atoms with van der Waals surface area (Å²) in [4.78, 5) is 0. The van der Waals surface area contributed by atoms with Gasteiger partial charge in [0.05, 0.1) is 0 Å². The van der Waals surface area contributed by atoms with Crippen molar-refractivity contribution in [2.24, 2.45) is 0 Å². The number of allylic oxidation sites excluding steroid dienone is 8. The predicted molar refractivity (Wildman–Crippen MR) is 43.6 cm³/mol. The Morgan fingerprint density at radius 2 is 1.90 bits per heavy atom. The lowest BCUT2D eigenvalue weighted by molar-refractivity contribution is 1.77. The Balaban J connectivity index is 2.08. The molecule has 0 N–H and O–H groups in total. The predicted octanol–water partition coefficient (Wildman–Crippen LogP) is 2.54. The molecule has 0 aromatic heterocycles. The smallest absolute Gasteiger partial charge is 0.00990 e. The van der Waals surface area contributed by atoms with Crippen LogP contribution >= 0.6 is 0 Å². The van der Waals surface area contributed by atoms with Crippen LogP contribution in [0.15, 0.2) is 59.8 Å². The molecule has 0 bridgehead atoms. The van der Waals surface area contributed by atoms with Crippen LogP contribution < -0.4 is 0 Å². The maximum Gasteiger partial charge on any atom is -0.00990 e. The molecule has 2 rings (SSSR count). The summed E-state index contributed by atoms with van der Waals surface area (Å²) >= 11 is 0. The molecule has 0 heterocycles. The van der Waals surface area contributed by atoms with Crippen LogP contribution in [-0.2, 0) is 0 Å². The normalized spacial score (nSPS) is 24.0. The van der Waals surface area contributed by atoms with Gasteiger partial charge in [-0.15, -0.1) is 0 Å². The van der Waals surface area contributed by atoms with Crippen LogP contribution in [0.4, 0.5) is 0 Å². The molecule has 0 heteroatoms. The van der Waals surface area contributed by atoms with Crippen molar-refractivity contribution in [1.29, 1.82) is 0 Å². The zero-order valence-electron chi connectivity index (χ0n) is 5.72. The fourth-order valence-corrected chi connectivity index (χ4v) is 1.01. The Hall–Kier alpha value is -1.30. The quantitative estimate of drug-likeness (QED) is 0.536. The van der Waals surface area contributed by atoms with E-state index in [0.29, 0.717) is 0 Å². The molecule has 0 atom stereocenters. The van der Waals surface area contributed by atoms with Gasteiger partial charge < -0.3 is 0 Å². The van der Waals surface area contributed by atoms with Gasteiger partial charge in [-0.25, -0.2) is 0 Å². The van der Waals surface area contributed by atoms with Crippen LogP contribution in [0.3, 0.4) is 0 Å². The third-order valence-corrected chi connectivity index (χ3v) is 1.70. The summed E-state index contributed by atoms with van der Waals surface area (Å²) in [5, 5.41) is 0. The van der Waals surface area contributed by atoms with Crippen molar-refractivity contribution in [3.05, 3.63) is 59.8 Å². The van der Waals surface area contributed by atoms with E-state index in [0.717, 1.165) is 0 Å². The Labute approximate surface area is 60.6 Å². The molecule has 0 aromatic carbocycles. The minimum atomic E-state index is 1.18. The lowest BCUT2D eigenvalue weighted by Crippen LogP contribution is -1.59. The van der Waals surface area contributed by atoms with E-state index < -0.39 is 0 Å². The highest BCUT2D eigenvalue weighted by molar-refractivity contribution is 5.80. The van der Waals surface area contributed by atoms with E-state index in [-0.39, 0.29) is 0 Å². The second-order valence-corrected chi connectivity index (χ2v) is 2.50. The van der Waals surface area contributed by atoms with Gasteiger partial charge in [-0.3, -0.25) is 0 Å². The van der Waals surface area contributed by atoms with Gasteiger partial charge in [-0.1, -0.05) is 25.3 Å². The highest BCUT2D eigenvalue weighted by atomic mass is 14.3. The summed E-state index contributed by atoms with van der Waals surface area (Å²) in [7, 11) is 0. The van der Waals surface area contributed by atoms with Crippen molar-refractivity contribution in [3.63, 3.8) is 0 Å². The molecule has 48 valence electrons. The van der Waals surface area contributed by atoms with Crippen molar-refractivity contribution >= 4 is 0 Å². The van der Waals surface area contributed by atoms with E-state index in [1.807, 2.05) is 12.2 Å². The van der Waals surface area contributed by atoms with Crippen LogP contribution in [0.5, 0.6) is 0 Å². The Morgan fingerprint density at radius 1 is 1.20 bits per heavy atom. The molecule has 0 saturated heterocycles. The first-order valence-electron chi connectivity index (χ1n) is 3.29. The summed E-state index contributed by atoms with van der Waals surface area (Å²) in [6.45, 7) is 7.44. The van der Waals surface area contributed by atoms with Crippen molar-refractivity contribution < 1.29 is 0 Å². The molecule has 0 radical (unpaired) electrons. The van der Waals surface area contributed by atoms with Crippen molar-refractivity contribution in [2.45, 2.75) is 0 Å². The van der Waals surface area contributed by atoms with Gasteiger partial charge in [-0.05, 0) is 34.4 Å². The molecule has 0 fully saturated rings. The average molecular weight is 128 g/mol. The second kappa shape index (κ2) is 1.60. The minimum absolute atomic E-state index is 1.18. The first kappa shape index (κ1) is 5.48. The zero-order valence-corrected chi connectivity index (χ0v) is 5.72. The third kappa shape index (κ3) is 0.695. The SMILES string of the molecule is C=C/C=C1C=C/1C1=CC1=C. The largest absolute Gasteiger partial charge is 0.0990 e. The van der Waals surface area contributed by atoms with Crippen LogP contribution in [0.1, 0.15) is 0 Å². The van der Waals surface area contributed by atoms with Gasteiger partial charge in [0, 0.05) is 0 Å². The fraction of sp³-hybridized carbons (Fsp3) is 0. The van der Waals surface area contributed by atoms with E-state index in [2.05, 4.69) is 25.3 Å². The van der Waals surface area contributed by atoms with E-state index in [9.17, 15) is 0 Å². The van der Waals surface area contributed by atoms with E-state index in [1.54, 1.807) is 0 Å². The zero-order chi connectivity index (χ0) is 7.14. The summed E-state index contributed by atoms with van der Waals surface area (Å²) in [6.07, 6.45) is 8.06. The van der Waals surface area contributed by atoms with Gasteiger partial charge in [0.15, 0.2) is 0 Å². The Bertz CT molecular complexity index is 309. The summed E-state index contributed by atoms with van der Waals surface area (Å²) in [5.41, 5.74) is 5.16. The van der Waals surface area contributed by atoms with E-state index in [4.69, 9.17) is 0 Å².